The summed E-state index contributed by atoms with van der Waals surface area (Å²) in [6.07, 6.45) is 1.95. The Morgan fingerprint density at radius 3 is 2.18 bits per heavy atom. The summed E-state index contributed by atoms with van der Waals surface area (Å²) in [5.74, 6) is 0.756. The van der Waals surface area contributed by atoms with Gasteiger partial charge in [-0.05, 0) is 24.0 Å². The van der Waals surface area contributed by atoms with Crippen molar-refractivity contribution in [1.29, 1.82) is 0 Å². The van der Waals surface area contributed by atoms with Gasteiger partial charge in [0.1, 0.15) is 0 Å². The van der Waals surface area contributed by atoms with Crippen molar-refractivity contribution < 1.29 is 9.90 Å². The molecule has 0 aliphatic heterocycles. The molecule has 0 aromatic heterocycles. The summed E-state index contributed by atoms with van der Waals surface area (Å²) in [6, 6.07) is 0. The molecule has 1 amide bonds. The SMILES string of the molecule is CSCC(C)(O)CNC(=O)C1C(C)(C)C1(C)C. The maximum Gasteiger partial charge on any atom is 0.224 e. The Hall–Kier alpha value is -0.220. The first-order chi connectivity index (χ1) is 7.56. The zero-order chi connectivity index (χ0) is 13.5. The van der Waals surface area contributed by atoms with Crippen molar-refractivity contribution in [1.82, 2.24) is 5.32 Å². The van der Waals surface area contributed by atoms with Gasteiger partial charge in [-0.15, -0.1) is 0 Å². The van der Waals surface area contributed by atoms with Gasteiger partial charge in [-0.25, -0.2) is 0 Å². The highest BCUT2D eigenvalue weighted by atomic mass is 32.2. The molecule has 1 fully saturated rings. The molecule has 0 bridgehead atoms. The lowest BCUT2D eigenvalue weighted by Gasteiger charge is -2.22. The Morgan fingerprint density at radius 1 is 1.35 bits per heavy atom. The van der Waals surface area contributed by atoms with Crippen LogP contribution in [0.3, 0.4) is 0 Å². The van der Waals surface area contributed by atoms with E-state index < -0.39 is 5.60 Å². The molecule has 0 spiro atoms. The maximum atomic E-state index is 12.1. The smallest absolute Gasteiger partial charge is 0.224 e. The molecule has 100 valence electrons. The van der Waals surface area contributed by atoms with Gasteiger partial charge >= 0.3 is 0 Å². The molecule has 1 saturated carbocycles. The normalized spacial score (nSPS) is 25.1. The van der Waals surface area contributed by atoms with Crippen molar-refractivity contribution in [3.8, 4) is 0 Å². The molecule has 0 saturated heterocycles. The molecule has 0 radical (unpaired) electrons. The number of thioether (sulfide) groups is 1. The Bertz CT molecular complexity index is 297. The zero-order valence-electron chi connectivity index (χ0n) is 11.8. The number of hydrogen-bond donors (Lipinski definition) is 2. The van der Waals surface area contributed by atoms with Crippen molar-refractivity contribution in [2.75, 3.05) is 18.6 Å². The summed E-state index contributed by atoms with van der Waals surface area (Å²) in [4.78, 5) is 12.1. The summed E-state index contributed by atoms with van der Waals surface area (Å²) in [5, 5.41) is 12.9. The monoisotopic (exact) mass is 259 g/mol. The van der Waals surface area contributed by atoms with Crippen molar-refractivity contribution >= 4 is 17.7 Å². The van der Waals surface area contributed by atoms with Crippen LogP contribution in [-0.2, 0) is 4.79 Å². The van der Waals surface area contributed by atoms with Gasteiger partial charge in [0.05, 0.1) is 5.60 Å². The molecule has 1 aliphatic carbocycles. The van der Waals surface area contributed by atoms with Crippen molar-refractivity contribution in [3.63, 3.8) is 0 Å². The second kappa shape index (κ2) is 4.47. The van der Waals surface area contributed by atoms with Crippen LogP contribution in [0.25, 0.3) is 0 Å². The minimum absolute atomic E-state index is 0.0556. The molecule has 2 N–H and O–H groups in total. The summed E-state index contributed by atoms with van der Waals surface area (Å²) in [6.45, 7) is 10.6. The van der Waals surface area contributed by atoms with Crippen LogP contribution in [0.1, 0.15) is 34.6 Å². The van der Waals surface area contributed by atoms with Crippen LogP contribution in [0.4, 0.5) is 0 Å². The van der Waals surface area contributed by atoms with Gasteiger partial charge in [-0.3, -0.25) is 4.79 Å². The quantitative estimate of drug-likeness (QED) is 0.793. The zero-order valence-corrected chi connectivity index (χ0v) is 12.6. The van der Waals surface area contributed by atoms with Crippen LogP contribution in [0, 0.1) is 16.7 Å². The Balaban J connectivity index is 2.48. The van der Waals surface area contributed by atoms with Crippen molar-refractivity contribution in [2.45, 2.75) is 40.2 Å². The van der Waals surface area contributed by atoms with E-state index in [0.717, 1.165) is 0 Å². The predicted octanol–water partition coefficient (Wildman–Crippen LogP) is 1.90. The van der Waals surface area contributed by atoms with Crippen LogP contribution >= 0.6 is 11.8 Å². The Kier molecular flexibility index (Phi) is 3.90. The summed E-state index contributed by atoms with van der Waals surface area (Å²) in [7, 11) is 0. The van der Waals surface area contributed by atoms with Gasteiger partial charge in [-0.1, -0.05) is 27.7 Å². The molecule has 1 unspecified atom stereocenters. The number of aliphatic hydroxyl groups is 1. The van der Waals surface area contributed by atoms with Crippen LogP contribution < -0.4 is 5.32 Å². The fraction of sp³-hybridized carbons (Fsp3) is 0.923. The number of nitrogens with one attached hydrogen (secondary N) is 1. The molecule has 4 heteroatoms. The molecular weight excluding hydrogens is 234 g/mol. The van der Waals surface area contributed by atoms with Crippen molar-refractivity contribution in [3.05, 3.63) is 0 Å². The highest BCUT2D eigenvalue weighted by molar-refractivity contribution is 7.98. The van der Waals surface area contributed by atoms with E-state index in [2.05, 4.69) is 33.0 Å². The first-order valence-corrected chi connectivity index (χ1v) is 7.45. The third-order valence-electron chi connectivity index (χ3n) is 4.38. The molecule has 1 rings (SSSR count). The van der Waals surface area contributed by atoms with Crippen LogP contribution in [0.5, 0.6) is 0 Å². The van der Waals surface area contributed by atoms with E-state index in [1.807, 2.05) is 6.26 Å². The second-order valence-electron chi connectivity index (χ2n) is 6.52. The highest BCUT2D eigenvalue weighted by Crippen LogP contribution is 2.68. The fourth-order valence-electron chi connectivity index (χ4n) is 2.59. The largest absolute Gasteiger partial charge is 0.387 e. The molecule has 1 atom stereocenters. The van der Waals surface area contributed by atoms with Crippen LogP contribution in [0.2, 0.25) is 0 Å². The first kappa shape index (κ1) is 14.8. The van der Waals surface area contributed by atoms with Crippen LogP contribution in [0.15, 0.2) is 0 Å². The average molecular weight is 259 g/mol. The molecule has 3 nitrogen and oxygen atoms in total. The topological polar surface area (TPSA) is 49.3 Å². The number of hydrogen-bond acceptors (Lipinski definition) is 3. The van der Waals surface area contributed by atoms with Crippen molar-refractivity contribution in [2.24, 2.45) is 16.7 Å². The van der Waals surface area contributed by atoms with Gasteiger partial charge in [0.25, 0.3) is 0 Å². The minimum Gasteiger partial charge on any atom is -0.387 e. The van der Waals surface area contributed by atoms with E-state index in [1.54, 1.807) is 18.7 Å². The van der Waals surface area contributed by atoms with E-state index >= 15 is 0 Å². The Morgan fingerprint density at radius 2 is 1.82 bits per heavy atom. The lowest BCUT2D eigenvalue weighted by Crippen LogP contribution is -2.43. The molecule has 0 heterocycles. The molecule has 1 aliphatic rings. The Labute approximate surface area is 109 Å². The van der Waals surface area contributed by atoms with Gasteiger partial charge < -0.3 is 10.4 Å². The summed E-state index contributed by atoms with van der Waals surface area (Å²) >= 11 is 1.58. The number of rotatable bonds is 5. The predicted molar refractivity (Wildman–Crippen MR) is 73.1 cm³/mol. The fourth-order valence-corrected chi connectivity index (χ4v) is 3.32. The number of carbonyl (C=O) groups excluding carboxylic acids is 1. The van der Waals surface area contributed by atoms with Gasteiger partial charge in [0, 0.05) is 18.2 Å². The second-order valence-corrected chi connectivity index (χ2v) is 7.39. The standard InChI is InChI=1S/C13H25NO2S/c1-11(2)9(12(11,3)4)10(15)14-7-13(5,16)8-17-6/h9,16H,7-8H2,1-6H3,(H,14,15). The summed E-state index contributed by atoms with van der Waals surface area (Å²) < 4.78 is 0. The highest BCUT2D eigenvalue weighted by Gasteiger charge is 2.68. The minimum atomic E-state index is -0.821. The summed E-state index contributed by atoms with van der Waals surface area (Å²) in [5.41, 5.74) is -0.705. The third-order valence-corrected chi connectivity index (χ3v) is 5.29. The molecule has 17 heavy (non-hydrogen) atoms. The number of carbonyl (C=O) groups is 1. The molecule has 0 aromatic rings. The van der Waals surface area contributed by atoms with E-state index in [9.17, 15) is 9.90 Å². The number of amides is 1. The third kappa shape index (κ3) is 2.79. The lowest BCUT2D eigenvalue weighted by atomic mass is 10.0. The lowest BCUT2D eigenvalue weighted by molar-refractivity contribution is -0.124. The van der Waals surface area contributed by atoms with Crippen LogP contribution in [-0.4, -0.2) is 35.2 Å². The van der Waals surface area contributed by atoms with E-state index in [-0.39, 0.29) is 22.7 Å². The van der Waals surface area contributed by atoms with Gasteiger partial charge in [-0.2, -0.15) is 11.8 Å². The van der Waals surface area contributed by atoms with E-state index in [0.29, 0.717) is 12.3 Å². The maximum absolute atomic E-state index is 12.1. The van der Waals surface area contributed by atoms with Gasteiger partial charge in [0.2, 0.25) is 5.91 Å². The first-order valence-electron chi connectivity index (χ1n) is 6.05. The average Bonchev–Trinajstić information content (AvgIpc) is 2.54. The molecule has 0 aromatic carbocycles. The molecular formula is C13H25NO2S. The van der Waals surface area contributed by atoms with Gasteiger partial charge in [0.15, 0.2) is 0 Å². The van der Waals surface area contributed by atoms with E-state index in [4.69, 9.17) is 0 Å². The van der Waals surface area contributed by atoms with E-state index in [1.165, 1.54) is 0 Å².